The number of ether oxygens (including phenoxy) is 3. The van der Waals surface area contributed by atoms with Crippen molar-refractivity contribution in [2.75, 3.05) is 13.2 Å². The molecule has 0 heterocycles. The Bertz CT molecular complexity index is 1550. The van der Waals surface area contributed by atoms with Gasteiger partial charge in [-0.25, -0.2) is 0 Å². The third kappa shape index (κ3) is 67.4. The summed E-state index contributed by atoms with van der Waals surface area (Å²) < 4.78 is 17.0. The number of carbonyl (C=O) groups excluding carboxylic acids is 3. The molecule has 0 bridgehead atoms. The quantitative estimate of drug-likeness (QED) is 0.0261. The number of esters is 3. The highest BCUT2D eigenvalue weighted by atomic mass is 16.6. The van der Waals surface area contributed by atoms with E-state index in [1.807, 2.05) is 0 Å². The van der Waals surface area contributed by atoms with Crippen LogP contribution in [0.2, 0.25) is 0 Å². The van der Waals surface area contributed by atoms with E-state index in [1.165, 1.54) is 225 Å². The second kappa shape index (κ2) is 70.1. The molecule has 0 rings (SSSR count). The number of allylic oxidation sites excluding steroid dienone is 14. The fraction of sp³-hybridized carbons (Fsp3) is 0.776. The lowest BCUT2D eigenvalue weighted by atomic mass is 10.0. The maximum absolute atomic E-state index is 12.9. The molecule has 1 unspecified atom stereocenters. The van der Waals surface area contributed by atoms with Gasteiger partial charge in [0.05, 0.1) is 0 Å². The molecule has 0 aromatic heterocycles. The topological polar surface area (TPSA) is 78.9 Å². The molecular formula is C76H134O6. The van der Waals surface area contributed by atoms with Crippen molar-refractivity contribution in [3.8, 4) is 0 Å². The molecule has 6 nitrogen and oxygen atoms in total. The Morgan fingerprint density at radius 3 is 0.756 bits per heavy atom. The van der Waals surface area contributed by atoms with Crippen LogP contribution in [0.3, 0.4) is 0 Å². The molecule has 0 saturated carbocycles. The number of hydrogen-bond donors (Lipinski definition) is 0. The van der Waals surface area contributed by atoms with E-state index in [2.05, 4.69) is 106 Å². The van der Waals surface area contributed by atoms with Crippen LogP contribution < -0.4 is 0 Å². The van der Waals surface area contributed by atoms with Crippen molar-refractivity contribution in [2.24, 2.45) is 0 Å². The van der Waals surface area contributed by atoms with E-state index in [0.29, 0.717) is 19.3 Å². The summed E-state index contributed by atoms with van der Waals surface area (Å²) in [6.45, 7) is 6.55. The molecule has 6 heteroatoms. The van der Waals surface area contributed by atoms with Gasteiger partial charge in [-0.1, -0.05) is 311 Å². The third-order valence-electron chi connectivity index (χ3n) is 15.6. The van der Waals surface area contributed by atoms with Crippen molar-refractivity contribution in [2.45, 2.75) is 367 Å². The number of rotatable bonds is 65. The first-order chi connectivity index (χ1) is 40.5. The molecule has 1 atom stereocenters. The van der Waals surface area contributed by atoms with Crippen LogP contribution in [0.5, 0.6) is 0 Å². The predicted octanol–water partition coefficient (Wildman–Crippen LogP) is 24.6. The summed E-state index contributed by atoms with van der Waals surface area (Å²) in [6.07, 6.45) is 93.2. The van der Waals surface area contributed by atoms with E-state index in [-0.39, 0.29) is 31.1 Å². The number of hydrogen-bond acceptors (Lipinski definition) is 6. The second-order valence-electron chi connectivity index (χ2n) is 23.8. The minimum Gasteiger partial charge on any atom is -0.462 e. The minimum atomic E-state index is -0.781. The molecule has 0 radical (unpaired) electrons. The van der Waals surface area contributed by atoms with E-state index >= 15 is 0 Å². The van der Waals surface area contributed by atoms with Crippen LogP contribution in [0.1, 0.15) is 361 Å². The average Bonchev–Trinajstić information content (AvgIpc) is 3.47. The van der Waals surface area contributed by atoms with Crippen LogP contribution in [-0.4, -0.2) is 37.2 Å². The molecule has 0 spiro atoms. The van der Waals surface area contributed by atoms with Crippen molar-refractivity contribution in [3.05, 3.63) is 85.1 Å². The van der Waals surface area contributed by atoms with Gasteiger partial charge in [-0.3, -0.25) is 14.4 Å². The standard InChI is InChI=1S/C76H134O6/c1-4-7-10-13-16-19-22-25-28-30-32-33-34-35-36-37-38-39-40-41-42-43-45-46-48-51-54-57-60-63-66-69-75(78)81-72-73(71-80-74(77)68-65-62-59-56-53-50-27-24-21-18-15-12-9-6-3)82-76(79)70-67-64-61-58-55-52-49-47-44-31-29-26-23-20-17-14-11-8-5-2/h7,10,16,19,24-29,32-33,35-36,73H,4-6,8-9,11-15,17-18,20-23,30-31,34,37-72H2,1-3H3/b10-7-,19-16-,27-24-,28-25-,29-26-,33-32-,36-35-. The lowest BCUT2D eigenvalue weighted by molar-refractivity contribution is -0.167. The van der Waals surface area contributed by atoms with E-state index in [4.69, 9.17) is 14.2 Å². The van der Waals surface area contributed by atoms with Gasteiger partial charge in [0.25, 0.3) is 0 Å². The molecule has 82 heavy (non-hydrogen) atoms. The second-order valence-corrected chi connectivity index (χ2v) is 23.8. The highest BCUT2D eigenvalue weighted by molar-refractivity contribution is 5.71. The Morgan fingerprint density at radius 2 is 0.476 bits per heavy atom. The van der Waals surface area contributed by atoms with Gasteiger partial charge < -0.3 is 14.2 Å². The van der Waals surface area contributed by atoms with Crippen LogP contribution in [-0.2, 0) is 28.6 Å². The van der Waals surface area contributed by atoms with Crippen molar-refractivity contribution < 1.29 is 28.6 Å². The molecular weight excluding hydrogens is 1010 g/mol. The van der Waals surface area contributed by atoms with Crippen LogP contribution in [0.25, 0.3) is 0 Å². The SMILES string of the molecule is CC/C=C\C/C=C\C/C=C\C/C=C\C/C=C\CCCCCCCCCCCCCCCCCC(=O)OCC(COC(=O)CCCCCCC/C=C\CCCCCCC)OC(=O)CCCCCCCCCCC/C=C\CCCCCCCC. The molecule has 0 N–H and O–H groups in total. The summed E-state index contributed by atoms with van der Waals surface area (Å²) in [5.74, 6) is -0.868. The Hall–Kier alpha value is -3.41. The average molecular weight is 1140 g/mol. The summed E-state index contributed by atoms with van der Waals surface area (Å²) in [4.78, 5) is 38.4. The molecule has 0 saturated heterocycles. The summed E-state index contributed by atoms with van der Waals surface area (Å²) >= 11 is 0. The van der Waals surface area contributed by atoms with Gasteiger partial charge in [0, 0.05) is 19.3 Å². The lowest BCUT2D eigenvalue weighted by Gasteiger charge is -2.18. The summed E-state index contributed by atoms with van der Waals surface area (Å²) in [5, 5.41) is 0. The van der Waals surface area contributed by atoms with Crippen molar-refractivity contribution in [3.63, 3.8) is 0 Å². The fourth-order valence-electron chi connectivity index (χ4n) is 10.3. The van der Waals surface area contributed by atoms with Crippen molar-refractivity contribution >= 4 is 17.9 Å². The molecule has 474 valence electrons. The Balaban J connectivity index is 4.23. The molecule has 0 amide bonds. The van der Waals surface area contributed by atoms with E-state index in [1.54, 1.807) is 0 Å². The largest absolute Gasteiger partial charge is 0.462 e. The monoisotopic (exact) mass is 1140 g/mol. The van der Waals surface area contributed by atoms with E-state index < -0.39 is 6.10 Å². The van der Waals surface area contributed by atoms with Gasteiger partial charge in [0.2, 0.25) is 0 Å². The van der Waals surface area contributed by atoms with Crippen molar-refractivity contribution in [1.29, 1.82) is 0 Å². The summed E-state index contributed by atoms with van der Waals surface area (Å²) in [6, 6.07) is 0. The van der Waals surface area contributed by atoms with Gasteiger partial charge in [-0.15, -0.1) is 0 Å². The van der Waals surface area contributed by atoms with E-state index in [9.17, 15) is 14.4 Å². The lowest BCUT2D eigenvalue weighted by Crippen LogP contribution is -2.30. The first-order valence-electron chi connectivity index (χ1n) is 35.6. The summed E-state index contributed by atoms with van der Waals surface area (Å²) in [5.41, 5.74) is 0. The Morgan fingerprint density at radius 1 is 0.256 bits per heavy atom. The zero-order valence-corrected chi connectivity index (χ0v) is 54.5. The predicted molar refractivity (Wildman–Crippen MR) is 358 cm³/mol. The molecule has 0 aliphatic heterocycles. The summed E-state index contributed by atoms with van der Waals surface area (Å²) in [7, 11) is 0. The maximum atomic E-state index is 12.9. The van der Waals surface area contributed by atoms with Crippen LogP contribution in [0, 0.1) is 0 Å². The first kappa shape index (κ1) is 78.6. The highest BCUT2D eigenvalue weighted by Gasteiger charge is 2.19. The van der Waals surface area contributed by atoms with Crippen molar-refractivity contribution in [1.82, 2.24) is 0 Å². The molecule has 0 fully saturated rings. The molecule has 0 aliphatic carbocycles. The molecule has 0 aromatic carbocycles. The van der Waals surface area contributed by atoms with E-state index in [0.717, 1.165) is 96.3 Å². The Labute approximate surface area is 509 Å². The normalized spacial score (nSPS) is 12.6. The maximum Gasteiger partial charge on any atom is 0.306 e. The number of unbranched alkanes of at least 4 members (excludes halogenated alkanes) is 40. The van der Waals surface area contributed by atoms with Gasteiger partial charge in [-0.2, -0.15) is 0 Å². The van der Waals surface area contributed by atoms with Crippen LogP contribution in [0.15, 0.2) is 85.1 Å². The van der Waals surface area contributed by atoms with Crippen LogP contribution in [0.4, 0.5) is 0 Å². The highest BCUT2D eigenvalue weighted by Crippen LogP contribution is 2.17. The molecule has 0 aromatic rings. The fourth-order valence-corrected chi connectivity index (χ4v) is 10.3. The first-order valence-corrected chi connectivity index (χ1v) is 35.6. The number of carbonyl (C=O) groups is 3. The van der Waals surface area contributed by atoms with Gasteiger partial charge >= 0.3 is 17.9 Å². The van der Waals surface area contributed by atoms with Crippen LogP contribution >= 0.6 is 0 Å². The minimum absolute atomic E-state index is 0.0763. The third-order valence-corrected chi connectivity index (χ3v) is 15.6. The van der Waals surface area contributed by atoms with Gasteiger partial charge in [0.15, 0.2) is 6.10 Å². The van der Waals surface area contributed by atoms with Gasteiger partial charge in [-0.05, 0) is 116 Å². The Kier molecular flexibility index (Phi) is 67.2. The van der Waals surface area contributed by atoms with Gasteiger partial charge in [0.1, 0.15) is 13.2 Å². The zero-order valence-electron chi connectivity index (χ0n) is 54.5. The smallest absolute Gasteiger partial charge is 0.306 e. The zero-order chi connectivity index (χ0) is 59.2. The molecule has 0 aliphatic rings.